The first-order valence-corrected chi connectivity index (χ1v) is 7.30. The van der Waals surface area contributed by atoms with Crippen LogP contribution in [0.1, 0.15) is 35.6 Å². The third-order valence-electron chi connectivity index (χ3n) is 2.60. The molecule has 2 rings (SSSR count). The molecule has 6 nitrogen and oxygen atoms in total. The fourth-order valence-corrected chi connectivity index (χ4v) is 2.48. The first-order valence-electron chi connectivity index (χ1n) is 6.48. The fraction of sp³-hybridized carbons (Fsp3) is 0.462. The standard InChI is InChI=1S/C13H19N5OS/c1-4-19-7-12-17-10(14)5-11(18-12)16-9(3)13-15-6-8(2)20-13/h5-6,9H,4,7H2,1-3H3,(H3,14,16,17,18). The van der Waals surface area contributed by atoms with Crippen LogP contribution in [0.5, 0.6) is 0 Å². The zero-order valence-electron chi connectivity index (χ0n) is 11.9. The van der Waals surface area contributed by atoms with E-state index in [1.54, 1.807) is 17.4 Å². The van der Waals surface area contributed by atoms with E-state index in [2.05, 4.69) is 20.3 Å². The zero-order valence-corrected chi connectivity index (χ0v) is 12.7. The second-order valence-corrected chi connectivity index (χ2v) is 5.67. The minimum atomic E-state index is 0.0722. The predicted octanol–water partition coefficient (Wildman–Crippen LogP) is 2.53. The van der Waals surface area contributed by atoms with Crippen molar-refractivity contribution in [1.82, 2.24) is 15.0 Å². The van der Waals surface area contributed by atoms with Crippen molar-refractivity contribution in [2.45, 2.75) is 33.4 Å². The van der Waals surface area contributed by atoms with E-state index < -0.39 is 0 Å². The average molecular weight is 293 g/mol. The van der Waals surface area contributed by atoms with Gasteiger partial charge in [0.05, 0.1) is 6.04 Å². The van der Waals surface area contributed by atoms with Gasteiger partial charge in [-0.25, -0.2) is 15.0 Å². The molecule has 0 saturated carbocycles. The number of anilines is 2. The Bertz CT molecular complexity index is 572. The second kappa shape index (κ2) is 6.62. The monoisotopic (exact) mass is 293 g/mol. The van der Waals surface area contributed by atoms with Crippen LogP contribution in [0.3, 0.4) is 0 Å². The van der Waals surface area contributed by atoms with Gasteiger partial charge in [0.25, 0.3) is 0 Å². The van der Waals surface area contributed by atoms with Crippen LogP contribution in [-0.4, -0.2) is 21.6 Å². The number of hydrogen-bond acceptors (Lipinski definition) is 7. The Hall–Kier alpha value is -1.73. The van der Waals surface area contributed by atoms with Crippen molar-refractivity contribution >= 4 is 23.0 Å². The second-order valence-electron chi connectivity index (χ2n) is 4.41. The van der Waals surface area contributed by atoms with Crippen LogP contribution >= 0.6 is 11.3 Å². The zero-order chi connectivity index (χ0) is 14.5. The largest absolute Gasteiger partial charge is 0.384 e. The Morgan fingerprint density at radius 2 is 2.25 bits per heavy atom. The van der Waals surface area contributed by atoms with Gasteiger partial charge in [-0.15, -0.1) is 11.3 Å². The number of aromatic nitrogens is 3. The molecule has 1 unspecified atom stereocenters. The molecule has 0 saturated heterocycles. The highest BCUT2D eigenvalue weighted by Crippen LogP contribution is 2.23. The average Bonchev–Trinajstić information content (AvgIpc) is 2.82. The molecule has 2 aromatic rings. The summed E-state index contributed by atoms with van der Waals surface area (Å²) < 4.78 is 5.30. The van der Waals surface area contributed by atoms with Crippen LogP contribution in [0.4, 0.5) is 11.6 Å². The van der Waals surface area contributed by atoms with Gasteiger partial charge in [0, 0.05) is 23.7 Å². The highest BCUT2D eigenvalue weighted by Gasteiger charge is 2.11. The number of aryl methyl sites for hydroxylation is 1. The third-order valence-corrected chi connectivity index (χ3v) is 3.70. The molecule has 0 aliphatic rings. The minimum Gasteiger partial charge on any atom is -0.384 e. The maximum absolute atomic E-state index is 5.79. The van der Waals surface area contributed by atoms with Crippen LogP contribution in [0.2, 0.25) is 0 Å². The molecule has 0 amide bonds. The van der Waals surface area contributed by atoms with E-state index >= 15 is 0 Å². The molecule has 108 valence electrons. The molecule has 7 heteroatoms. The van der Waals surface area contributed by atoms with E-state index in [0.29, 0.717) is 30.7 Å². The summed E-state index contributed by atoms with van der Waals surface area (Å²) >= 11 is 1.66. The van der Waals surface area contributed by atoms with Crippen molar-refractivity contribution in [3.8, 4) is 0 Å². The van der Waals surface area contributed by atoms with Gasteiger partial charge < -0.3 is 15.8 Å². The van der Waals surface area contributed by atoms with E-state index in [0.717, 1.165) is 5.01 Å². The van der Waals surface area contributed by atoms with Crippen molar-refractivity contribution in [3.05, 3.63) is 28.0 Å². The summed E-state index contributed by atoms with van der Waals surface area (Å²) in [6.07, 6.45) is 1.87. The number of ether oxygens (including phenoxy) is 1. The number of thiazole rings is 1. The van der Waals surface area contributed by atoms with Crippen molar-refractivity contribution in [1.29, 1.82) is 0 Å². The van der Waals surface area contributed by atoms with Gasteiger partial charge in [0.2, 0.25) is 0 Å². The Balaban J connectivity index is 2.10. The van der Waals surface area contributed by atoms with E-state index in [4.69, 9.17) is 10.5 Å². The lowest BCUT2D eigenvalue weighted by molar-refractivity contribution is 0.128. The van der Waals surface area contributed by atoms with Crippen molar-refractivity contribution < 1.29 is 4.74 Å². The number of nitrogens with two attached hydrogens (primary N) is 1. The minimum absolute atomic E-state index is 0.0722. The normalized spacial score (nSPS) is 12.3. The number of rotatable bonds is 6. The summed E-state index contributed by atoms with van der Waals surface area (Å²) in [7, 11) is 0. The molecular weight excluding hydrogens is 274 g/mol. The molecule has 1 atom stereocenters. The smallest absolute Gasteiger partial charge is 0.158 e. The summed E-state index contributed by atoms with van der Waals surface area (Å²) in [4.78, 5) is 14.1. The van der Waals surface area contributed by atoms with Gasteiger partial charge >= 0.3 is 0 Å². The van der Waals surface area contributed by atoms with Gasteiger partial charge in [0.15, 0.2) is 5.82 Å². The SMILES string of the molecule is CCOCc1nc(N)cc(NC(C)c2ncc(C)s2)n1. The molecule has 2 heterocycles. The van der Waals surface area contributed by atoms with Gasteiger partial charge in [-0.05, 0) is 20.8 Å². The van der Waals surface area contributed by atoms with Gasteiger partial charge in [0.1, 0.15) is 23.3 Å². The number of nitrogen functional groups attached to an aromatic ring is 1. The van der Waals surface area contributed by atoms with Crippen LogP contribution in [0.25, 0.3) is 0 Å². The van der Waals surface area contributed by atoms with Crippen LogP contribution < -0.4 is 11.1 Å². The molecule has 0 aromatic carbocycles. The summed E-state index contributed by atoms with van der Waals surface area (Å²) in [5.74, 6) is 1.70. The molecule has 0 fully saturated rings. The van der Waals surface area contributed by atoms with Crippen LogP contribution in [0, 0.1) is 6.92 Å². The molecule has 20 heavy (non-hydrogen) atoms. The lowest BCUT2D eigenvalue weighted by atomic mass is 10.3. The maximum atomic E-state index is 5.79. The van der Waals surface area contributed by atoms with Crippen LogP contribution in [0.15, 0.2) is 12.3 Å². The van der Waals surface area contributed by atoms with Crippen molar-refractivity contribution in [2.75, 3.05) is 17.7 Å². The van der Waals surface area contributed by atoms with E-state index in [9.17, 15) is 0 Å². The Labute approximate surface area is 122 Å². The fourth-order valence-electron chi connectivity index (χ4n) is 1.71. The first kappa shape index (κ1) is 14.7. The summed E-state index contributed by atoms with van der Waals surface area (Å²) in [6.45, 7) is 6.99. The topological polar surface area (TPSA) is 86.0 Å². The summed E-state index contributed by atoms with van der Waals surface area (Å²) in [5.41, 5.74) is 5.79. The molecule has 0 aliphatic heterocycles. The summed E-state index contributed by atoms with van der Waals surface area (Å²) in [6, 6.07) is 1.79. The van der Waals surface area contributed by atoms with E-state index in [-0.39, 0.29) is 6.04 Å². The highest BCUT2D eigenvalue weighted by molar-refractivity contribution is 7.11. The quantitative estimate of drug-likeness (QED) is 0.851. The number of nitrogens with zero attached hydrogens (tertiary/aromatic N) is 3. The van der Waals surface area contributed by atoms with Crippen molar-refractivity contribution in [3.63, 3.8) is 0 Å². The molecule has 0 aliphatic carbocycles. The molecule has 2 aromatic heterocycles. The molecule has 0 bridgehead atoms. The molecule has 0 spiro atoms. The van der Waals surface area contributed by atoms with E-state index in [1.165, 1.54) is 4.88 Å². The number of nitrogens with one attached hydrogen (secondary N) is 1. The summed E-state index contributed by atoms with van der Waals surface area (Å²) in [5, 5.41) is 4.31. The van der Waals surface area contributed by atoms with Gasteiger partial charge in [-0.2, -0.15) is 0 Å². The van der Waals surface area contributed by atoms with Gasteiger partial charge in [-0.3, -0.25) is 0 Å². The molecule has 0 radical (unpaired) electrons. The first-order chi connectivity index (χ1) is 9.58. The Kier molecular flexibility index (Phi) is 4.86. The number of hydrogen-bond donors (Lipinski definition) is 2. The van der Waals surface area contributed by atoms with Crippen molar-refractivity contribution in [2.24, 2.45) is 0 Å². The lowest BCUT2D eigenvalue weighted by Crippen LogP contribution is -2.11. The maximum Gasteiger partial charge on any atom is 0.158 e. The van der Waals surface area contributed by atoms with Gasteiger partial charge in [-0.1, -0.05) is 0 Å². The Morgan fingerprint density at radius 3 is 2.90 bits per heavy atom. The highest BCUT2D eigenvalue weighted by atomic mass is 32.1. The molecule has 3 N–H and O–H groups in total. The predicted molar refractivity (Wildman–Crippen MR) is 80.7 cm³/mol. The van der Waals surface area contributed by atoms with Crippen LogP contribution in [-0.2, 0) is 11.3 Å². The lowest BCUT2D eigenvalue weighted by Gasteiger charge is -2.13. The third kappa shape index (κ3) is 3.88. The van der Waals surface area contributed by atoms with E-state index in [1.807, 2.05) is 27.0 Å². The molecular formula is C13H19N5OS. The Morgan fingerprint density at radius 1 is 1.45 bits per heavy atom.